The van der Waals surface area contributed by atoms with Crippen molar-refractivity contribution in [3.63, 3.8) is 0 Å². The van der Waals surface area contributed by atoms with E-state index < -0.39 is 0 Å². The van der Waals surface area contributed by atoms with Gasteiger partial charge in [0.05, 0.1) is 23.7 Å². The molecule has 0 saturated carbocycles. The van der Waals surface area contributed by atoms with Gasteiger partial charge in [-0.05, 0) is 62.6 Å². The van der Waals surface area contributed by atoms with Crippen LogP contribution in [0, 0.1) is 13.8 Å². The van der Waals surface area contributed by atoms with Crippen LogP contribution in [0.3, 0.4) is 0 Å². The van der Waals surface area contributed by atoms with E-state index in [4.69, 9.17) is 14.8 Å². The molecule has 188 valence electrons. The van der Waals surface area contributed by atoms with Gasteiger partial charge < -0.3 is 9.64 Å². The zero-order valence-electron chi connectivity index (χ0n) is 22.3. The Morgan fingerprint density at radius 3 is 2.56 bits per heavy atom. The summed E-state index contributed by atoms with van der Waals surface area (Å²) in [6, 6.07) is 14.4. The maximum atomic E-state index is 13.0. The fourth-order valence-electron chi connectivity index (χ4n) is 4.70. The number of hydrogen-bond acceptors (Lipinski definition) is 5. The second-order valence-electron chi connectivity index (χ2n) is 9.14. The minimum atomic E-state index is 0.00127. The van der Waals surface area contributed by atoms with Crippen molar-refractivity contribution in [2.45, 2.75) is 53.9 Å². The highest BCUT2D eigenvalue weighted by Crippen LogP contribution is 2.34. The largest absolute Gasteiger partial charge is 0.496 e. The first-order valence-corrected chi connectivity index (χ1v) is 12.9. The lowest BCUT2D eigenvalue weighted by molar-refractivity contribution is 0.0983. The molecule has 36 heavy (non-hydrogen) atoms. The van der Waals surface area contributed by atoms with Crippen molar-refractivity contribution in [3.8, 4) is 16.9 Å². The molecule has 0 aliphatic carbocycles. The molecule has 0 atom stereocenters. The van der Waals surface area contributed by atoms with Crippen LogP contribution in [0.2, 0.25) is 0 Å². The molecule has 0 saturated heterocycles. The number of carbonyl (C=O) groups excluding carboxylic acids is 1. The average molecular weight is 485 g/mol. The van der Waals surface area contributed by atoms with Gasteiger partial charge in [-0.3, -0.25) is 4.79 Å². The van der Waals surface area contributed by atoms with E-state index in [0.29, 0.717) is 17.8 Å². The number of anilines is 1. The summed E-state index contributed by atoms with van der Waals surface area (Å²) in [5.74, 6) is 0.753. The summed E-state index contributed by atoms with van der Waals surface area (Å²) in [5.41, 5.74) is 7.21. The van der Waals surface area contributed by atoms with E-state index in [0.717, 1.165) is 52.1 Å². The molecule has 0 aliphatic rings. The third-order valence-electron chi connectivity index (χ3n) is 6.76. The Morgan fingerprint density at radius 2 is 1.89 bits per heavy atom. The molecule has 0 bridgehead atoms. The summed E-state index contributed by atoms with van der Waals surface area (Å²) in [5, 5.41) is 5.55. The second-order valence-corrected chi connectivity index (χ2v) is 9.14. The number of benzene rings is 2. The predicted molar refractivity (Wildman–Crippen MR) is 147 cm³/mol. The van der Waals surface area contributed by atoms with Gasteiger partial charge in [-0.15, -0.1) is 0 Å². The smallest absolute Gasteiger partial charge is 0.183 e. The number of ketones is 1. The van der Waals surface area contributed by atoms with Gasteiger partial charge in [-0.1, -0.05) is 44.5 Å². The Hall–Kier alpha value is -3.67. The van der Waals surface area contributed by atoms with Crippen LogP contribution < -0.4 is 15.0 Å². The van der Waals surface area contributed by atoms with E-state index >= 15 is 0 Å². The Balaban J connectivity index is 1.89. The zero-order valence-corrected chi connectivity index (χ0v) is 22.3. The summed E-state index contributed by atoms with van der Waals surface area (Å²) >= 11 is 0. The standard InChI is InChI=1S/C30H36N4O2/c1-7-10-17-33(9-3)23-16-15-22(20(4)18-23)19-25-29(26(35)8-2)31-30-28(21(5)32-34(25)30)24-13-11-12-14-27(24)36-6/h11-16,18-19H,7-10,17H2,1-6H3/b25-19-. The van der Waals surface area contributed by atoms with Crippen LogP contribution >= 0.6 is 0 Å². The number of fused-ring (bicyclic) bond motifs is 1. The van der Waals surface area contributed by atoms with Crippen molar-refractivity contribution in [1.82, 2.24) is 14.6 Å². The quantitative estimate of drug-likeness (QED) is 0.267. The molecular formula is C30H36N4O2. The van der Waals surface area contributed by atoms with Crippen molar-refractivity contribution >= 4 is 23.2 Å². The van der Waals surface area contributed by atoms with Crippen molar-refractivity contribution < 1.29 is 9.53 Å². The van der Waals surface area contributed by atoms with Gasteiger partial charge in [0.2, 0.25) is 0 Å². The number of hydrogen-bond donors (Lipinski definition) is 0. The molecule has 4 aromatic rings. The van der Waals surface area contributed by atoms with E-state index in [1.165, 1.54) is 18.5 Å². The van der Waals surface area contributed by atoms with E-state index in [-0.39, 0.29) is 5.78 Å². The maximum absolute atomic E-state index is 13.0. The van der Waals surface area contributed by atoms with E-state index in [1.807, 2.05) is 48.7 Å². The molecule has 2 aromatic heterocycles. The zero-order chi connectivity index (χ0) is 25.8. The summed E-state index contributed by atoms with van der Waals surface area (Å²) in [6.45, 7) is 12.4. The summed E-state index contributed by atoms with van der Waals surface area (Å²) < 4.78 is 7.42. The normalized spacial score (nSPS) is 11.9. The fourth-order valence-corrected chi connectivity index (χ4v) is 4.70. The van der Waals surface area contributed by atoms with Crippen molar-refractivity contribution in [3.05, 3.63) is 70.3 Å². The summed E-state index contributed by atoms with van der Waals surface area (Å²) in [7, 11) is 1.66. The second kappa shape index (κ2) is 10.9. The van der Waals surface area contributed by atoms with Gasteiger partial charge in [0.15, 0.2) is 11.4 Å². The summed E-state index contributed by atoms with van der Waals surface area (Å²) in [4.78, 5) is 20.2. The minimum Gasteiger partial charge on any atom is -0.496 e. The lowest BCUT2D eigenvalue weighted by Gasteiger charge is -2.23. The average Bonchev–Trinajstić information content (AvgIpc) is 3.39. The molecule has 4 rings (SSSR count). The number of carbonyl (C=O) groups is 1. The predicted octanol–water partition coefficient (Wildman–Crippen LogP) is 5.79. The molecule has 6 nitrogen and oxygen atoms in total. The Bertz CT molecular complexity index is 1440. The number of ether oxygens (including phenoxy) is 1. The van der Waals surface area contributed by atoms with Crippen LogP contribution in [-0.2, 0) is 0 Å². The Labute approximate surface area is 213 Å². The minimum absolute atomic E-state index is 0.00127. The molecule has 2 aromatic carbocycles. The molecule has 0 aliphatic heterocycles. The first-order chi connectivity index (χ1) is 17.4. The Kier molecular flexibility index (Phi) is 7.73. The van der Waals surface area contributed by atoms with Crippen LogP contribution in [-0.4, -0.2) is 40.6 Å². The van der Waals surface area contributed by atoms with Gasteiger partial charge >= 0.3 is 0 Å². The third-order valence-corrected chi connectivity index (χ3v) is 6.76. The first-order valence-electron chi connectivity index (χ1n) is 12.9. The van der Waals surface area contributed by atoms with Crippen molar-refractivity contribution in [1.29, 1.82) is 0 Å². The Morgan fingerprint density at radius 1 is 1.11 bits per heavy atom. The number of aryl methyl sites for hydroxylation is 2. The highest BCUT2D eigenvalue weighted by Gasteiger charge is 2.22. The van der Waals surface area contributed by atoms with Gasteiger partial charge in [0, 0.05) is 30.8 Å². The SMILES string of the molecule is CCCCN(CC)c1ccc(/C=c2/c(C(=O)CC)nc3c(-c4ccccc4OC)c(C)nn23)c(C)c1. The molecule has 0 fully saturated rings. The highest BCUT2D eigenvalue weighted by atomic mass is 16.5. The van der Waals surface area contributed by atoms with Crippen LogP contribution in [0.5, 0.6) is 5.75 Å². The van der Waals surface area contributed by atoms with E-state index in [2.05, 4.69) is 43.9 Å². The third kappa shape index (κ3) is 4.72. The molecular weight excluding hydrogens is 448 g/mol. The van der Waals surface area contributed by atoms with Crippen LogP contribution in [0.15, 0.2) is 42.5 Å². The van der Waals surface area contributed by atoms with Crippen LogP contribution in [0.4, 0.5) is 5.69 Å². The molecule has 0 spiro atoms. The fraction of sp³-hybridized carbons (Fsp3) is 0.367. The van der Waals surface area contributed by atoms with Gasteiger partial charge in [-0.2, -0.15) is 5.10 Å². The van der Waals surface area contributed by atoms with E-state index in [1.54, 1.807) is 7.11 Å². The molecule has 0 N–H and O–H groups in total. The number of rotatable bonds is 10. The lowest BCUT2D eigenvalue weighted by Crippen LogP contribution is -2.24. The van der Waals surface area contributed by atoms with Crippen LogP contribution in [0.1, 0.15) is 67.3 Å². The van der Waals surface area contributed by atoms with Crippen molar-refractivity contribution in [2.24, 2.45) is 0 Å². The molecule has 6 heteroatoms. The number of Topliss-reactive ketones (excluding diaryl/α,β-unsaturated/α-hetero) is 1. The number of unbranched alkanes of at least 4 members (excludes halogenated alkanes) is 1. The van der Waals surface area contributed by atoms with Gasteiger partial charge in [0.1, 0.15) is 11.4 Å². The van der Waals surface area contributed by atoms with Gasteiger partial charge in [0.25, 0.3) is 0 Å². The molecule has 0 amide bonds. The molecule has 0 unspecified atom stereocenters. The number of nitrogens with zero attached hydrogens (tertiary/aromatic N) is 4. The number of imidazole rings is 1. The summed E-state index contributed by atoms with van der Waals surface area (Å²) in [6.07, 6.45) is 4.77. The van der Waals surface area contributed by atoms with E-state index in [9.17, 15) is 4.79 Å². The number of para-hydroxylation sites is 1. The van der Waals surface area contributed by atoms with Crippen LogP contribution in [0.25, 0.3) is 22.9 Å². The number of aromatic nitrogens is 3. The molecule has 2 heterocycles. The molecule has 0 radical (unpaired) electrons. The maximum Gasteiger partial charge on any atom is 0.183 e. The lowest BCUT2D eigenvalue weighted by atomic mass is 10.1. The highest BCUT2D eigenvalue weighted by molar-refractivity contribution is 5.96. The monoisotopic (exact) mass is 484 g/mol. The topological polar surface area (TPSA) is 59.7 Å². The van der Waals surface area contributed by atoms with Gasteiger partial charge in [-0.25, -0.2) is 9.50 Å². The van der Waals surface area contributed by atoms with Crippen molar-refractivity contribution in [2.75, 3.05) is 25.1 Å². The number of methoxy groups -OCH3 is 1. The first kappa shape index (κ1) is 25.4.